The molecule has 0 radical (unpaired) electrons. The average molecular weight is 321 g/mol. The minimum absolute atomic E-state index is 0.0279. The first-order valence-corrected chi connectivity index (χ1v) is 8.21. The number of hydrogen-bond acceptors (Lipinski definition) is 4. The summed E-state index contributed by atoms with van der Waals surface area (Å²) in [6.07, 6.45) is 3.84. The lowest BCUT2D eigenvalue weighted by Crippen LogP contribution is -2.25. The molecule has 0 spiro atoms. The van der Waals surface area contributed by atoms with Gasteiger partial charge in [-0.15, -0.1) is 0 Å². The molecule has 1 aromatic carbocycles. The molecule has 0 bridgehead atoms. The van der Waals surface area contributed by atoms with Crippen LogP contribution in [0.3, 0.4) is 0 Å². The molecular formula is C18H27NO4. The largest absolute Gasteiger partial charge is 0.497 e. The van der Waals surface area contributed by atoms with Crippen molar-refractivity contribution >= 4 is 11.9 Å². The maximum atomic E-state index is 11.7. The zero-order valence-corrected chi connectivity index (χ0v) is 14.1. The highest BCUT2D eigenvalue weighted by Gasteiger charge is 2.06. The van der Waals surface area contributed by atoms with Gasteiger partial charge < -0.3 is 14.8 Å². The van der Waals surface area contributed by atoms with Gasteiger partial charge in [0.05, 0.1) is 13.7 Å². The minimum Gasteiger partial charge on any atom is -0.497 e. The number of benzene rings is 1. The van der Waals surface area contributed by atoms with Crippen LogP contribution in [0.15, 0.2) is 24.3 Å². The van der Waals surface area contributed by atoms with E-state index in [1.807, 2.05) is 31.2 Å². The lowest BCUT2D eigenvalue weighted by molar-refractivity contribution is -0.143. The Labute approximate surface area is 138 Å². The normalized spacial score (nSPS) is 10.2. The van der Waals surface area contributed by atoms with Crippen molar-refractivity contribution in [1.29, 1.82) is 0 Å². The van der Waals surface area contributed by atoms with Gasteiger partial charge in [-0.05, 0) is 37.0 Å². The van der Waals surface area contributed by atoms with Crippen molar-refractivity contribution < 1.29 is 19.1 Å². The number of nitrogens with one attached hydrogen (secondary N) is 1. The summed E-state index contributed by atoms with van der Waals surface area (Å²) >= 11 is 0. The van der Waals surface area contributed by atoms with Gasteiger partial charge in [0.1, 0.15) is 5.75 Å². The standard InChI is InChI=1S/C18H27NO4/c1-3-4-14-23-18(21)7-5-6-17(20)19-13-12-15-8-10-16(22-2)11-9-15/h8-11H,3-7,12-14H2,1-2H3,(H,19,20). The van der Waals surface area contributed by atoms with Gasteiger partial charge >= 0.3 is 5.97 Å². The Balaban J connectivity index is 2.08. The molecule has 23 heavy (non-hydrogen) atoms. The SMILES string of the molecule is CCCCOC(=O)CCCC(=O)NCCc1ccc(OC)cc1. The van der Waals surface area contributed by atoms with Gasteiger partial charge in [-0.2, -0.15) is 0 Å². The van der Waals surface area contributed by atoms with Crippen molar-refractivity contribution in [2.24, 2.45) is 0 Å². The van der Waals surface area contributed by atoms with Gasteiger partial charge in [-0.1, -0.05) is 25.5 Å². The van der Waals surface area contributed by atoms with E-state index in [1.54, 1.807) is 7.11 Å². The number of rotatable bonds is 11. The van der Waals surface area contributed by atoms with Crippen LogP contribution in [0.2, 0.25) is 0 Å². The van der Waals surface area contributed by atoms with E-state index < -0.39 is 0 Å². The Hall–Kier alpha value is -2.04. The van der Waals surface area contributed by atoms with E-state index in [-0.39, 0.29) is 11.9 Å². The predicted octanol–water partition coefficient (Wildman–Crippen LogP) is 2.87. The average Bonchev–Trinajstić information content (AvgIpc) is 2.56. The van der Waals surface area contributed by atoms with E-state index in [9.17, 15) is 9.59 Å². The Bertz CT molecular complexity index is 470. The molecule has 0 heterocycles. The molecule has 0 saturated carbocycles. The van der Waals surface area contributed by atoms with Gasteiger partial charge in [0.2, 0.25) is 5.91 Å². The molecule has 5 heteroatoms. The molecule has 0 aliphatic carbocycles. The second-order valence-corrected chi connectivity index (χ2v) is 5.38. The first kappa shape index (κ1) is 19.0. The van der Waals surface area contributed by atoms with Crippen molar-refractivity contribution in [2.45, 2.75) is 45.4 Å². The third-order valence-corrected chi connectivity index (χ3v) is 3.44. The van der Waals surface area contributed by atoms with Crippen molar-refractivity contribution in [3.8, 4) is 5.75 Å². The van der Waals surface area contributed by atoms with Gasteiger partial charge in [0, 0.05) is 19.4 Å². The number of ether oxygens (including phenoxy) is 2. The Kier molecular flexibility index (Phi) is 9.52. The number of carbonyl (C=O) groups is 2. The number of amides is 1. The Morgan fingerprint density at radius 3 is 2.48 bits per heavy atom. The highest BCUT2D eigenvalue weighted by molar-refractivity contribution is 5.77. The highest BCUT2D eigenvalue weighted by Crippen LogP contribution is 2.11. The summed E-state index contributed by atoms with van der Waals surface area (Å²) in [5.41, 5.74) is 1.14. The molecule has 0 aromatic heterocycles. The van der Waals surface area contributed by atoms with Crippen LogP contribution < -0.4 is 10.1 Å². The molecule has 0 aliphatic rings. The zero-order valence-electron chi connectivity index (χ0n) is 14.1. The van der Waals surface area contributed by atoms with Gasteiger partial charge in [0.15, 0.2) is 0 Å². The Morgan fingerprint density at radius 1 is 1.09 bits per heavy atom. The molecule has 1 aromatic rings. The topological polar surface area (TPSA) is 64.6 Å². The molecule has 0 aliphatic heterocycles. The summed E-state index contributed by atoms with van der Waals surface area (Å²) in [7, 11) is 1.63. The van der Waals surface area contributed by atoms with Crippen LogP contribution in [0.25, 0.3) is 0 Å². The fourth-order valence-electron chi connectivity index (χ4n) is 2.02. The van der Waals surface area contributed by atoms with Gasteiger partial charge in [-0.25, -0.2) is 0 Å². The number of methoxy groups -OCH3 is 1. The third-order valence-electron chi connectivity index (χ3n) is 3.44. The molecule has 1 rings (SSSR count). The van der Waals surface area contributed by atoms with E-state index in [0.717, 1.165) is 30.6 Å². The monoisotopic (exact) mass is 321 g/mol. The van der Waals surface area contributed by atoms with Crippen LogP contribution in [0.1, 0.15) is 44.6 Å². The quantitative estimate of drug-likeness (QED) is 0.503. The summed E-state index contributed by atoms with van der Waals surface area (Å²) in [6.45, 7) is 3.11. The highest BCUT2D eigenvalue weighted by atomic mass is 16.5. The fourth-order valence-corrected chi connectivity index (χ4v) is 2.02. The number of unbranched alkanes of at least 4 members (excludes halogenated alkanes) is 1. The molecule has 0 fully saturated rings. The summed E-state index contributed by atoms with van der Waals surface area (Å²) < 4.78 is 10.1. The van der Waals surface area contributed by atoms with Crippen molar-refractivity contribution in [3.05, 3.63) is 29.8 Å². The second kappa shape index (κ2) is 11.5. The van der Waals surface area contributed by atoms with Crippen LogP contribution in [0, 0.1) is 0 Å². The number of esters is 1. The molecule has 5 nitrogen and oxygen atoms in total. The van der Waals surface area contributed by atoms with Crippen molar-refractivity contribution in [3.63, 3.8) is 0 Å². The van der Waals surface area contributed by atoms with E-state index in [4.69, 9.17) is 9.47 Å². The number of carbonyl (C=O) groups excluding carboxylic acids is 2. The van der Waals surface area contributed by atoms with Crippen molar-refractivity contribution in [1.82, 2.24) is 5.32 Å². The Morgan fingerprint density at radius 2 is 1.83 bits per heavy atom. The fraction of sp³-hybridized carbons (Fsp3) is 0.556. The summed E-state index contributed by atoms with van der Waals surface area (Å²) in [5.74, 6) is 0.577. The van der Waals surface area contributed by atoms with E-state index in [2.05, 4.69) is 5.32 Å². The third kappa shape index (κ3) is 8.86. The van der Waals surface area contributed by atoms with Crippen LogP contribution in [0.5, 0.6) is 5.75 Å². The lowest BCUT2D eigenvalue weighted by atomic mass is 10.1. The minimum atomic E-state index is -0.218. The summed E-state index contributed by atoms with van der Waals surface area (Å²) in [5, 5.41) is 2.86. The molecule has 0 saturated heterocycles. The lowest BCUT2D eigenvalue weighted by Gasteiger charge is -2.06. The van der Waals surface area contributed by atoms with Crippen LogP contribution >= 0.6 is 0 Å². The smallest absolute Gasteiger partial charge is 0.305 e. The second-order valence-electron chi connectivity index (χ2n) is 5.38. The van der Waals surface area contributed by atoms with E-state index >= 15 is 0 Å². The van der Waals surface area contributed by atoms with Crippen LogP contribution in [-0.2, 0) is 20.7 Å². The van der Waals surface area contributed by atoms with Crippen LogP contribution in [0.4, 0.5) is 0 Å². The molecule has 0 atom stereocenters. The molecule has 0 unspecified atom stereocenters. The molecule has 1 amide bonds. The summed E-state index contributed by atoms with van der Waals surface area (Å²) in [6, 6.07) is 7.78. The van der Waals surface area contributed by atoms with E-state index in [0.29, 0.717) is 32.4 Å². The maximum absolute atomic E-state index is 11.7. The first-order valence-electron chi connectivity index (χ1n) is 8.21. The van der Waals surface area contributed by atoms with E-state index in [1.165, 1.54) is 0 Å². The van der Waals surface area contributed by atoms with Gasteiger partial charge in [-0.3, -0.25) is 9.59 Å². The molecule has 128 valence electrons. The van der Waals surface area contributed by atoms with Gasteiger partial charge in [0.25, 0.3) is 0 Å². The first-order chi connectivity index (χ1) is 11.2. The van der Waals surface area contributed by atoms with Crippen LogP contribution in [-0.4, -0.2) is 32.1 Å². The maximum Gasteiger partial charge on any atom is 0.305 e. The molecular weight excluding hydrogens is 294 g/mol. The van der Waals surface area contributed by atoms with Crippen molar-refractivity contribution in [2.75, 3.05) is 20.3 Å². The summed E-state index contributed by atoms with van der Waals surface area (Å²) in [4.78, 5) is 23.1. The molecule has 1 N–H and O–H groups in total. The number of hydrogen-bond donors (Lipinski definition) is 1. The zero-order chi connectivity index (χ0) is 16.9. The predicted molar refractivity (Wildman–Crippen MR) is 89.4 cm³/mol.